The summed E-state index contributed by atoms with van der Waals surface area (Å²) in [6, 6.07) is 4.03. The van der Waals surface area contributed by atoms with Gasteiger partial charge in [-0.2, -0.15) is 0 Å². The summed E-state index contributed by atoms with van der Waals surface area (Å²) < 4.78 is 3.12. The summed E-state index contributed by atoms with van der Waals surface area (Å²) in [4.78, 5) is 2.37. The molecule has 17 heavy (non-hydrogen) atoms. The van der Waals surface area contributed by atoms with Crippen LogP contribution in [0, 0.1) is 0 Å². The summed E-state index contributed by atoms with van der Waals surface area (Å²) >= 11 is 3.51. The number of halogens is 1. The lowest BCUT2D eigenvalue weighted by Gasteiger charge is -2.27. The quantitative estimate of drug-likeness (QED) is 0.809. The summed E-state index contributed by atoms with van der Waals surface area (Å²) in [7, 11) is 2.18. The van der Waals surface area contributed by atoms with Gasteiger partial charge in [-0.15, -0.1) is 10.2 Å². The molecule has 1 aliphatic rings. The van der Waals surface area contributed by atoms with Crippen LogP contribution in [0.2, 0.25) is 0 Å². The van der Waals surface area contributed by atoms with E-state index in [1.807, 2.05) is 18.3 Å². The van der Waals surface area contributed by atoms with Crippen molar-refractivity contribution in [1.29, 1.82) is 0 Å². The molecular weight excluding hydrogens is 280 g/mol. The Morgan fingerprint density at radius 2 is 2.06 bits per heavy atom. The molecule has 3 heterocycles. The molecule has 1 fully saturated rings. The number of rotatable bonds is 1. The van der Waals surface area contributed by atoms with E-state index >= 15 is 0 Å². The van der Waals surface area contributed by atoms with Crippen LogP contribution in [0.3, 0.4) is 0 Å². The van der Waals surface area contributed by atoms with Gasteiger partial charge in [0.15, 0.2) is 5.65 Å². The lowest BCUT2D eigenvalue weighted by atomic mass is 9.96. The minimum atomic E-state index is 0.538. The number of hydrogen-bond acceptors (Lipinski definition) is 3. The maximum absolute atomic E-state index is 4.37. The van der Waals surface area contributed by atoms with E-state index in [4.69, 9.17) is 0 Å². The van der Waals surface area contributed by atoms with Crippen LogP contribution in [0.15, 0.2) is 22.8 Å². The first-order chi connectivity index (χ1) is 8.25. The van der Waals surface area contributed by atoms with E-state index < -0.39 is 0 Å². The predicted molar refractivity (Wildman–Crippen MR) is 70.2 cm³/mol. The fourth-order valence-corrected chi connectivity index (χ4v) is 2.87. The highest BCUT2D eigenvalue weighted by molar-refractivity contribution is 9.10. The number of likely N-dealkylation sites (tertiary alicyclic amines) is 1. The lowest BCUT2D eigenvalue weighted by molar-refractivity contribution is 0.250. The van der Waals surface area contributed by atoms with Crippen molar-refractivity contribution in [1.82, 2.24) is 19.5 Å². The zero-order chi connectivity index (χ0) is 11.8. The van der Waals surface area contributed by atoms with Crippen LogP contribution in [0.5, 0.6) is 0 Å². The molecule has 0 saturated carbocycles. The maximum Gasteiger partial charge on any atom is 0.175 e. The van der Waals surface area contributed by atoms with Crippen molar-refractivity contribution in [2.45, 2.75) is 18.8 Å². The molecule has 1 saturated heterocycles. The molecule has 0 aromatic carbocycles. The topological polar surface area (TPSA) is 33.4 Å². The zero-order valence-electron chi connectivity index (χ0n) is 9.80. The number of fused-ring (bicyclic) bond motifs is 1. The molecule has 2 aromatic rings. The SMILES string of the molecule is CN1CCC(c2nnc3c(Br)cccn23)CC1. The van der Waals surface area contributed by atoms with Gasteiger partial charge in [0.25, 0.3) is 0 Å². The first-order valence-corrected chi connectivity index (χ1v) is 6.72. The Kier molecular flexibility index (Phi) is 2.88. The van der Waals surface area contributed by atoms with Crippen LogP contribution in [0.25, 0.3) is 5.65 Å². The van der Waals surface area contributed by atoms with E-state index in [-0.39, 0.29) is 0 Å². The van der Waals surface area contributed by atoms with Gasteiger partial charge in [-0.3, -0.25) is 4.40 Å². The van der Waals surface area contributed by atoms with E-state index in [0.717, 1.165) is 29.0 Å². The Hall–Kier alpha value is -0.940. The third kappa shape index (κ3) is 1.98. The normalized spacial score (nSPS) is 18.9. The van der Waals surface area contributed by atoms with Crippen LogP contribution in [-0.2, 0) is 0 Å². The monoisotopic (exact) mass is 294 g/mol. The standard InChI is InChI=1S/C12H15BrN4/c1-16-7-4-9(5-8-16)11-14-15-12-10(13)3-2-6-17(11)12/h2-3,6,9H,4-5,7-8H2,1H3. The highest BCUT2D eigenvalue weighted by Crippen LogP contribution is 2.27. The van der Waals surface area contributed by atoms with Gasteiger partial charge in [0, 0.05) is 12.1 Å². The molecule has 0 radical (unpaired) electrons. The summed E-state index contributed by atoms with van der Waals surface area (Å²) in [6.07, 6.45) is 4.39. The number of nitrogens with zero attached hydrogens (tertiary/aromatic N) is 4. The van der Waals surface area contributed by atoms with E-state index in [0.29, 0.717) is 5.92 Å². The maximum atomic E-state index is 4.37. The van der Waals surface area contributed by atoms with Crippen LogP contribution >= 0.6 is 15.9 Å². The molecule has 0 atom stereocenters. The Labute approximate surface area is 109 Å². The van der Waals surface area contributed by atoms with Gasteiger partial charge in [-0.25, -0.2) is 0 Å². The third-order valence-electron chi connectivity index (χ3n) is 3.50. The van der Waals surface area contributed by atoms with Crippen molar-refractivity contribution in [2.24, 2.45) is 0 Å². The lowest BCUT2D eigenvalue weighted by Crippen LogP contribution is -2.29. The van der Waals surface area contributed by atoms with E-state index in [1.54, 1.807) is 0 Å². The summed E-state index contributed by atoms with van der Waals surface area (Å²) in [5.74, 6) is 1.64. The molecule has 0 spiro atoms. The van der Waals surface area contributed by atoms with Crippen LogP contribution in [0.1, 0.15) is 24.6 Å². The minimum absolute atomic E-state index is 0.538. The third-order valence-corrected chi connectivity index (χ3v) is 4.12. The number of hydrogen-bond donors (Lipinski definition) is 0. The Morgan fingerprint density at radius 1 is 1.29 bits per heavy atom. The van der Waals surface area contributed by atoms with Gasteiger partial charge in [0.2, 0.25) is 0 Å². The highest BCUT2D eigenvalue weighted by atomic mass is 79.9. The first-order valence-electron chi connectivity index (χ1n) is 5.93. The molecule has 4 nitrogen and oxygen atoms in total. The number of aromatic nitrogens is 3. The second-order valence-electron chi connectivity index (χ2n) is 4.69. The first kappa shape index (κ1) is 11.2. The number of pyridine rings is 1. The second-order valence-corrected chi connectivity index (χ2v) is 5.54. The van der Waals surface area contributed by atoms with Gasteiger partial charge in [0.1, 0.15) is 5.82 Å². The fourth-order valence-electron chi connectivity index (χ4n) is 2.45. The molecular formula is C12H15BrN4. The summed E-state index contributed by atoms with van der Waals surface area (Å²) in [5, 5.41) is 8.63. The molecule has 0 aliphatic carbocycles. The van der Waals surface area contributed by atoms with Gasteiger partial charge < -0.3 is 4.90 Å². The summed E-state index contributed by atoms with van der Waals surface area (Å²) in [6.45, 7) is 2.29. The molecule has 90 valence electrons. The fraction of sp³-hybridized carbons (Fsp3) is 0.500. The Bertz CT molecular complexity index is 528. The highest BCUT2D eigenvalue weighted by Gasteiger charge is 2.23. The molecule has 0 amide bonds. The largest absolute Gasteiger partial charge is 0.306 e. The van der Waals surface area contributed by atoms with Crippen LogP contribution in [-0.4, -0.2) is 39.6 Å². The van der Waals surface area contributed by atoms with E-state index in [2.05, 4.69) is 42.5 Å². The average Bonchev–Trinajstić information content (AvgIpc) is 2.75. The van der Waals surface area contributed by atoms with E-state index in [1.165, 1.54) is 12.8 Å². The predicted octanol–water partition coefficient (Wildman–Crippen LogP) is 2.30. The average molecular weight is 295 g/mol. The zero-order valence-corrected chi connectivity index (χ0v) is 11.4. The van der Waals surface area contributed by atoms with Crippen molar-refractivity contribution < 1.29 is 0 Å². The molecule has 2 aromatic heterocycles. The Balaban J connectivity index is 1.98. The molecule has 1 aliphatic heterocycles. The second kappa shape index (κ2) is 4.38. The number of piperidine rings is 1. The van der Waals surface area contributed by atoms with Crippen molar-refractivity contribution >= 4 is 21.6 Å². The molecule has 0 bridgehead atoms. The Morgan fingerprint density at radius 3 is 2.82 bits per heavy atom. The van der Waals surface area contributed by atoms with E-state index in [9.17, 15) is 0 Å². The van der Waals surface area contributed by atoms with Crippen LogP contribution < -0.4 is 0 Å². The van der Waals surface area contributed by atoms with Crippen molar-refractivity contribution in [3.8, 4) is 0 Å². The van der Waals surface area contributed by atoms with Crippen molar-refractivity contribution in [2.75, 3.05) is 20.1 Å². The summed E-state index contributed by atoms with van der Waals surface area (Å²) in [5.41, 5.74) is 0.918. The van der Waals surface area contributed by atoms with Gasteiger partial charge in [-0.1, -0.05) is 0 Å². The minimum Gasteiger partial charge on any atom is -0.306 e. The van der Waals surface area contributed by atoms with Crippen molar-refractivity contribution in [3.05, 3.63) is 28.6 Å². The molecule has 3 rings (SSSR count). The smallest absolute Gasteiger partial charge is 0.175 e. The van der Waals surface area contributed by atoms with Gasteiger partial charge in [0.05, 0.1) is 4.47 Å². The van der Waals surface area contributed by atoms with Gasteiger partial charge >= 0.3 is 0 Å². The molecule has 5 heteroatoms. The van der Waals surface area contributed by atoms with Crippen molar-refractivity contribution in [3.63, 3.8) is 0 Å². The van der Waals surface area contributed by atoms with Gasteiger partial charge in [-0.05, 0) is 61.0 Å². The molecule has 0 N–H and O–H groups in total. The van der Waals surface area contributed by atoms with Crippen LogP contribution in [0.4, 0.5) is 0 Å². The molecule has 0 unspecified atom stereocenters.